The van der Waals surface area contributed by atoms with Crippen molar-refractivity contribution >= 4 is 22.8 Å². The highest BCUT2D eigenvalue weighted by Crippen LogP contribution is 2.41. The maximum Gasteiger partial charge on any atom is 0.337 e. The smallest absolute Gasteiger partial charge is 0.337 e. The van der Waals surface area contributed by atoms with Crippen LogP contribution >= 0.6 is 11.8 Å². The molecule has 1 aromatic rings. The number of esters is 1. The van der Waals surface area contributed by atoms with Gasteiger partial charge in [0, 0.05) is 11.1 Å². The Kier molecular flexibility index (Phi) is 4.10. The van der Waals surface area contributed by atoms with Crippen LogP contribution < -0.4 is 0 Å². The molecule has 1 aliphatic rings. The first-order chi connectivity index (χ1) is 9.87. The van der Waals surface area contributed by atoms with Crippen molar-refractivity contribution in [3.63, 3.8) is 0 Å². The van der Waals surface area contributed by atoms with Crippen molar-refractivity contribution in [2.45, 2.75) is 18.6 Å². The summed E-state index contributed by atoms with van der Waals surface area (Å²) in [5.74, 6) is 5.43. The number of methoxy groups -OCH3 is 1. The summed E-state index contributed by atoms with van der Waals surface area (Å²) >= 11 is 1.00. The summed E-state index contributed by atoms with van der Waals surface area (Å²) in [6.07, 6.45) is 0. The highest BCUT2D eigenvalue weighted by atomic mass is 32.2. The molecule has 21 heavy (non-hydrogen) atoms. The van der Waals surface area contributed by atoms with E-state index in [0.717, 1.165) is 11.8 Å². The average molecular weight is 302 g/mol. The van der Waals surface area contributed by atoms with Crippen molar-refractivity contribution in [3.8, 4) is 11.8 Å². The van der Waals surface area contributed by atoms with Crippen molar-refractivity contribution < 1.29 is 19.4 Å². The molecule has 0 saturated carbocycles. The molecular formula is C16H14O4S. The molecule has 1 atom stereocenters. The van der Waals surface area contributed by atoms with Crippen LogP contribution in [-0.2, 0) is 9.53 Å². The first-order valence-corrected chi connectivity index (χ1v) is 7.04. The van der Waals surface area contributed by atoms with Gasteiger partial charge in [-0.3, -0.25) is 4.79 Å². The predicted molar refractivity (Wildman–Crippen MR) is 81.0 cm³/mol. The molecule has 1 heterocycles. The molecule has 1 aliphatic heterocycles. The number of hydrogen-bond acceptors (Lipinski definition) is 5. The van der Waals surface area contributed by atoms with Gasteiger partial charge in [0.1, 0.15) is 10.5 Å². The lowest BCUT2D eigenvalue weighted by Crippen LogP contribution is -2.17. The van der Waals surface area contributed by atoms with Gasteiger partial charge >= 0.3 is 5.97 Å². The molecule has 4 nitrogen and oxygen atoms in total. The second kappa shape index (κ2) is 5.66. The standard InChI is InChI=1S/C16H14O4S/c1-10-13(17)16(2,21-15(10)19)9-8-11-4-6-12(7-5-11)14(18)20-3/h4-7,17H,1-3H3. The van der Waals surface area contributed by atoms with E-state index in [-0.39, 0.29) is 10.9 Å². The molecule has 108 valence electrons. The molecule has 0 aromatic heterocycles. The normalized spacial score (nSPS) is 21.0. The molecule has 0 radical (unpaired) electrons. The summed E-state index contributed by atoms with van der Waals surface area (Å²) in [5.41, 5.74) is 1.48. The molecule has 0 aliphatic carbocycles. The van der Waals surface area contributed by atoms with E-state index in [9.17, 15) is 14.7 Å². The monoisotopic (exact) mass is 302 g/mol. The van der Waals surface area contributed by atoms with Crippen molar-refractivity contribution in [2.24, 2.45) is 0 Å². The molecular weight excluding hydrogens is 288 g/mol. The van der Waals surface area contributed by atoms with Crippen molar-refractivity contribution in [2.75, 3.05) is 7.11 Å². The van der Waals surface area contributed by atoms with Crippen LogP contribution in [0.3, 0.4) is 0 Å². The largest absolute Gasteiger partial charge is 0.509 e. The van der Waals surface area contributed by atoms with E-state index in [1.807, 2.05) is 0 Å². The van der Waals surface area contributed by atoms with Crippen LogP contribution in [0.4, 0.5) is 0 Å². The summed E-state index contributed by atoms with van der Waals surface area (Å²) in [6, 6.07) is 6.62. The van der Waals surface area contributed by atoms with Gasteiger partial charge in [-0.05, 0) is 38.1 Å². The second-order valence-corrected chi connectivity index (χ2v) is 6.11. The Labute approximate surface area is 127 Å². The number of aliphatic hydroxyl groups is 1. The number of rotatable bonds is 1. The number of benzene rings is 1. The molecule has 1 N–H and O–H groups in total. The fourth-order valence-corrected chi connectivity index (χ4v) is 2.82. The predicted octanol–water partition coefficient (Wildman–Crippen LogP) is 2.69. The summed E-state index contributed by atoms with van der Waals surface area (Å²) in [5, 5.41) is 9.83. The van der Waals surface area contributed by atoms with E-state index < -0.39 is 10.7 Å². The summed E-state index contributed by atoms with van der Waals surface area (Å²) in [7, 11) is 1.32. The third-order valence-electron chi connectivity index (χ3n) is 3.16. The van der Waals surface area contributed by atoms with E-state index in [0.29, 0.717) is 16.7 Å². The molecule has 0 fully saturated rings. The van der Waals surface area contributed by atoms with Gasteiger partial charge in [0.25, 0.3) is 0 Å². The number of aliphatic hydroxyl groups excluding tert-OH is 1. The highest BCUT2D eigenvalue weighted by molar-refractivity contribution is 8.16. The molecule has 0 bridgehead atoms. The summed E-state index contributed by atoms with van der Waals surface area (Å²) in [4.78, 5) is 22.9. The number of carbonyl (C=O) groups excluding carboxylic acids is 2. The number of carbonyl (C=O) groups is 2. The average Bonchev–Trinajstić information content (AvgIpc) is 2.69. The number of ether oxygens (including phenoxy) is 1. The fourth-order valence-electron chi connectivity index (χ4n) is 1.85. The van der Waals surface area contributed by atoms with Gasteiger partial charge in [-0.15, -0.1) is 0 Å². The Bertz CT molecular complexity index is 691. The molecule has 5 heteroatoms. The fraction of sp³-hybridized carbons (Fsp3) is 0.250. The molecule has 0 spiro atoms. The lowest BCUT2D eigenvalue weighted by Gasteiger charge is -2.14. The molecule has 0 saturated heterocycles. The molecule has 2 rings (SSSR count). The highest BCUT2D eigenvalue weighted by Gasteiger charge is 2.40. The maximum absolute atomic E-state index is 11.6. The van der Waals surface area contributed by atoms with Crippen LogP contribution in [0.5, 0.6) is 0 Å². The lowest BCUT2D eigenvalue weighted by molar-refractivity contribution is -0.107. The Morgan fingerprint density at radius 2 is 1.95 bits per heavy atom. The first kappa shape index (κ1) is 15.2. The zero-order chi connectivity index (χ0) is 15.6. The topological polar surface area (TPSA) is 63.6 Å². The minimum Gasteiger partial charge on any atom is -0.509 e. The van der Waals surface area contributed by atoms with Gasteiger partial charge < -0.3 is 9.84 Å². The first-order valence-electron chi connectivity index (χ1n) is 6.22. The quantitative estimate of drug-likeness (QED) is 0.638. The van der Waals surface area contributed by atoms with Crippen LogP contribution in [0.15, 0.2) is 35.6 Å². The Morgan fingerprint density at radius 3 is 2.43 bits per heavy atom. The number of thioether (sulfide) groups is 1. The Balaban J connectivity index is 2.24. The van der Waals surface area contributed by atoms with Gasteiger partial charge in [-0.25, -0.2) is 4.79 Å². The Morgan fingerprint density at radius 1 is 1.33 bits per heavy atom. The van der Waals surface area contributed by atoms with Crippen molar-refractivity contribution in [3.05, 3.63) is 46.7 Å². The third-order valence-corrected chi connectivity index (χ3v) is 4.36. The summed E-state index contributed by atoms with van der Waals surface area (Å²) in [6.45, 7) is 3.29. The zero-order valence-corrected chi connectivity index (χ0v) is 12.7. The molecule has 1 aromatic carbocycles. The molecule has 0 amide bonds. The Hall–Kier alpha value is -2.19. The van der Waals surface area contributed by atoms with Gasteiger partial charge in [-0.1, -0.05) is 23.6 Å². The van der Waals surface area contributed by atoms with E-state index in [2.05, 4.69) is 16.6 Å². The van der Waals surface area contributed by atoms with Crippen molar-refractivity contribution in [1.82, 2.24) is 0 Å². The number of hydrogen-bond donors (Lipinski definition) is 1. The van der Waals surface area contributed by atoms with Crippen LogP contribution in [-0.4, -0.2) is 28.0 Å². The second-order valence-electron chi connectivity index (χ2n) is 4.72. The molecule has 1 unspecified atom stereocenters. The van der Waals surface area contributed by atoms with Gasteiger partial charge in [0.15, 0.2) is 0 Å². The van der Waals surface area contributed by atoms with E-state index in [4.69, 9.17) is 0 Å². The van der Waals surface area contributed by atoms with Crippen LogP contribution in [0, 0.1) is 11.8 Å². The summed E-state index contributed by atoms with van der Waals surface area (Å²) < 4.78 is 3.70. The van der Waals surface area contributed by atoms with Gasteiger partial charge in [0.05, 0.1) is 12.7 Å². The van der Waals surface area contributed by atoms with E-state index >= 15 is 0 Å². The van der Waals surface area contributed by atoms with E-state index in [1.165, 1.54) is 7.11 Å². The van der Waals surface area contributed by atoms with Gasteiger partial charge in [0.2, 0.25) is 5.12 Å². The van der Waals surface area contributed by atoms with E-state index in [1.54, 1.807) is 38.1 Å². The van der Waals surface area contributed by atoms with Crippen LogP contribution in [0.1, 0.15) is 29.8 Å². The maximum atomic E-state index is 11.6. The minimum atomic E-state index is -0.914. The minimum absolute atomic E-state index is 0.0104. The zero-order valence-electron chi connectivity index (χ0n) is 11.9. The van der Waals surface area contributed by atoms with Crippen LogP contribution in [0.25, 0.3) is 0 Å². The van der Waals surface area contributed by atoms with Crippen molar-refractivity contribution in [1.29, 1.82) is 0 Å². The van der Waals surface area contributed by atoms with Crippen LogP contribution in [0.2, 0.25) is 0 Å². The SMILES string of the molecule is COC(=O)c1ccc(C#CC2(C)SC(=O)C(C)=C2O)cc1. The lowest BCUT2D eigenvalue weighted by atomic mass is 10.1. The third kappa shape index (κ3) is 2.96. The van der Waals surface area contributed by atoms with Gasteiger partial charge in [-0.2, -0.15) is 0 Å².